The monoisotopic (exact) mass is 166 g/mol. The molecular weight excluding hydrogens is 152 g/mol. The van der Waals surface area contributed by atoms with Gasteiger partial charge in [0.05, 0.1) is 0 Å². The molecule has 1 aliphatic rings. The number of hydrogen-bond donors (Lipinski definition) is 0. The van der Waals surface area contributed by atoms with Crippen molar-refractivity contribution >= 4 is 6.47 Å². The molecule has 0 spiro atoms. The van der Waals surface area contributed by atoms with Gasteiger partial charge in [-0.25, -0.2) is 0 Å². The second-order valence-electron chi connectivity index (χ2n) is 3.18. The Labute approximate surface area is 72.9 Å². The molecule has 12 heavy (non-hydrogen) atoms. The second kappa shape index (κ2) is 4.10. The van der Waals surface area contributed by atoms with Gasteiger partial charge in [-0.2, -0.15) is 0 Å². The van der Waals surface area contributed by atoms with Crippen LogP contribution >= 0.6 is 0 Å². The van der Waals surface area contributed by atoms with Gasteiger partial charge in [0.2, 0.25) is 0 Å². The summed E-state index contributed by atoms with van der Waals surface area (Å²) < 4.78 is 4.71. The molecule has 0 aromatic rings. The number of carbonyl (C=O) groups excluding carboxylic acids is 1. The summed E-state index contributed by atoms with van der Waals surface area (Å²) in [5.74, 6) is 0. The summed E-state index contributed by atoms with van der Waals surface area (Å²) in [4.78, 5) is 9.96. The smallest absolute Gasteiger partial charge is 0.293 e. The SMILES string of the molecule is CC1=CC(C)=C(COC=O)CC1. The second-order valence-corrected chi connectivity index (χ2v) is 3.18. The first kappa shape index (κ1) is 9.04. The van der Waals surface area contributed by atoms with Crippen molar-refractivity contribution in [3.05, 3.63) is 22.8 Å². The van der Waals surface area contributed by atoms with E-state index in [9.17, 15) is 4.79 Å². The van der Waals surface area contributed by atoms with Gasteiger partial charge in [0.1, 0.15) is 6.61 Å². The number of allylic oxidation sites excluding steroid dienone is 3. The third kappa shape index (κ3) is 2.22. The molecule has 0 aromatic heterocycles. The van der Waals surface area contributed by atoms with Crippen LogP contribution in [0.15, 0.2) is 22.8 Å². The molecule has 0 N–H and O–H groups in total. The Morgan fingerprint density at radius 3 is 2.83 bits per heavy atom. The van der Waals surface area contributed by atoms with E-state index in [4.69, 9.17) is 4.74 Å². The summed E-state index contributed by atoms with van der Waals surface area (Å²) in [6.07, 6.45) is 4.28. The molecule has 2 nitrogen and oxygen atoms in total. The summed E-state index contributed by atoms with van der Waals surface area (Å²) in [6, 6.07) is 0. The van der Waals surface area contributed by atoms with Gasteiger partial charge in [-0.15, -0.1) is 0 Å². The average Bonchev–Trinajstić information content (AvgIpc) is 2.03. The van der Waals surface area contributed by atoms with E-state index < -0.39 is 0 Å². The van der Waals surface area contributed by atoms with Gasteiger partial charge in [-0.05, 0) is 37.8 Å². The number of hydrogen-bond acceptors (Lipinski definition) is 2. The highest BCUT2D eigenvalue weighted by Crippen LogP contribution is 2.23. The van der Waals surface area contributed by atoms with Crippen LogP contribution in [0.25, 0.3) is 0 Å². The largest absolute Gasteiger partial charge is 0.463 e. The molecule has 0 unspecified atom stereocenters. The maximum atomic E-state index is 9.96. The fourth-order valence-corrected chi connectivity index (χ4v) is 1.41. The molecule has 0 fully saturated rings. The first-order chi connectivity index (χ1) is 5.74. The van der Waals surface area contributed by atoms with Crippen molar-refractivity contribution in [1.29, 1.82) is 0 Å². The van der Waals surface area contributed by atoms with E-state index in [1.807, 2.05) is 0 Å². The number of ether oxygens (including phenoxy) is 1. The van der Waals surface area contributed by atoms with Crippen molar-refractivity contribution in [2.24, 2.45) is 0 Å². The van der Waals surface area contributed by atoms with Crippen LogP contribution in [0.5, 0.6) is 0 Å². The quantitative estimate of drug-likeness (QED) is 0.601. The molecule has 0 heterocycles. The van der Waals surface area contributed by atoms with Crippen LogP contribution in [0, 0.1) is 0 Å². The van der Waals surface area contributed by atoms with Crippen LogP contribution in [0.2, 0.25) is 0 Å². The molecule has 2 heteroatoms. The fraction of sp³-hybridized carbons (Fsp3) is 0.500. The molecule has 0 radical (unpaired) electrons. The summed E-state index contributed by atoms with van der Waals surface area (Å²) in [5.41, 5.74) is 3.90. The summed E-state index contributed by atoms with van der Waals surface area (Å²) >= 11 is 0. The standard InChI is InChI=1S/C10H14O2/c1-8-3-4-10(6-12-7-11)9(2)5-8/h5,7H,3-4,6H2,1-2H3. The zero-order chi connectivity index (χ0) is 8.97. The van der Waals surface area contributed by atoms with Crippen molar-refractivity contribution in [2.45, 2.75) is 26.7 Å². The van der Waals surface area contributed by atoms with Crippen LogP contribution in [-0.2, 0) is 9.53 Å². The maximum absolute atomic E-state index is 9.96. The maximum Gasteiger partial charge on any atom is 0.293 e. The van der Waals surface area contributed by atoms with Crippen LogP contribution in [0.4, 0.5) is 0 Å². The van der Waals surface area contributed by atoms with E-state index in [1.165, 1.54) is 16.7 Å². The molecule has 0 bridgehead atoms. The summed E-state index contributed by atoms with van der Waals surface area (Å²) in [6.45, 7) is 5.15. The first-order valence-corrected chi connectivity index (χ1v) is 4.15. The highest BCUT2D eigenvalue weighted by atomic mass is 16.5. The van der Waals surface area contributed by atoms with Crippen LogP contribution in [0.3, 0.4) is 0 Å². The normalized spacial score (nSPS) is 17.3. The predicted molar refractivity (Wildman–Crippen MR) is 47.7 cm³/mol. The predicted octanol–water partition coefficient (Wildman–Crippen LogP) is 2.22. The minimum Gasteiger partial charge on any atom is -0.463 e. The Balaban J connectivity index is 2.62. The van der Waals surface area contributed by atoms with Gasteiger partial charge in [0, 0.05) is 0 Å². The highest BCUT2D eigenvalue weighted by Gasteiger charge is 2.07. The van der Waals surface area contributed by atoms with Crippen LogP contribution in [0.1, 0.15) is 26.7 Å². The first-order valence-electron chi connectivity index (χ1n) is 4.15. The molecule has 66 valence electrons. The molecule has 0 atom stereocenters. The van der Waals surface area contributed by atoms with Crippen molar-refractivity contribution in [3.63, 3.8) is 0 Å². The van der Waals surface area contributed by atoms with Crippen molar-refractivity contribution < 1.29 is 9.53 Å². The summed E-state index contributed by atoms with van der Waals surface area (Å²) in [7, 11) is 0. The van der Waals surface area contributed by atoms with Gasteiger partial charge in [0.25, 0.3) is 6.47 Å². The lowest BCUT2D eigenvalue weighted by molar-refractivity contribution is -0.127. The van der Waals surface area contributed by atoms with Crippen molar-refractivity contribution in [2.75, 3.05) is 6.61 Å². The number of carbonyl (C=O) groups is 1. The lowest BCUT2D eigenvalue weighted by Gasteiger charge is -2.14. The third-order valence-electron chi connectivity index (χ3n) is 2.17. The molecular formula is C10H14O2. The minimum absolute atomic E-state index is 0.457. The highest BCUT2D eigenvalue weighted by molar-refractivity contribution is 5.39. The lowest BCUT2D eigenvalue weighted by atomic mass is 9.94. The molecule has 1 rings (SSSR count). The average molecular weight is 166 g/mol. The van der Waals surface area contributed by atoms with Crippen molar-refractivity contribution in [3.8, 4) is 0 Å². The lowest BCUT2D eigenvalue weighted by Crippen LogP contribution is -2.03. The van der Waals surface area contributed by atoms with Crippen LogP contribution in [-0.4, -0.2) is 13.1 Å². The van der Waals surface area contributed by atoms with Gasteiger partial charge in [-0.3, -0.25) is 4.79 Å². The zero-order valence-electron chi connectivity index (χ0n) is 7.59. The third-order valence-corrected chi connectivity index (χ3v) is 2.17. The van der Waals surface area contributed by atoms with Crippen LogP contribution < -0.4 is 0 Å². The molecule has 0 aromatic carbocycles. The Morgan fingerprint density at radius 2 is 2.25 bits per heavy atom. The zero-order valence-corrected chi connectivity index (χ0v) is 7.59. The van der Waals surface area contributed by atoms with Gasteiger partial charge in [0.15, 0.2) is 0 Å². The number of rotatable bonds is 3. The Kier molecular flexibility index (Phi) is 3.09. The Bertz CT molecular complexity index is 236. The van der Waals surface area contributed by atoms with E-state index in [-0.39, 0.29) is 0 Å². The van der Waals surface area contributed by atoms with E-state index >= 15 is 0 Å². The van der Waals surface area contributed by atoms with Crippen molar-refractivity contribution in [1.82, 2.24) is 0 Å². The molecule has 0 saturated carbocycles. The van der Waals surface area contributed by atoms with E-state index in [0.29, 0.717) is 13.1 Å². The Morgan fingerprint density at radius 1 is 1.50 bits per heavy atom. The van der Waals surface area contributed by atoms with E-state index in [2.05, 4.69) is 19.9 Å². The Hall–Kier alpha value is -1.05. The summed E-state index contributed by atoms with van der Waals surface area (Å²) in [5, 5.41) is 0. The molecule has 0 amide bonds. The van der Waals surface area contributed by atoms with E-state index in [1.54, 1.807) is 0 Å². The van der Waals surface area contributed by atoms with Gasteiger partial charge >= 0.3 is 0 Å². The molecule has 1 aliphatic carbocycles. The van der Waals surface area contributed by atoms with Gasteiger partial charge in [-0.1, -0.05) is 11.6 Å². The van der Waals surface area contributed by atoms with E-state index in [0.717, 1.165) is 12.8 Å². The van der Waals surface area contributed by atoms with Gasteiger partial charge < -0.3 is 4.74 Å². The minimum atomic E-state index is 0.457. The fourth-order valence-electron chi connectivity index (χ4n) is 1.41. The molecule has 0 aliphatic heterocycles. The molecule has 0 saturated heterocycles. The topological polar surface area (TPSA) is 26.3 Å².